The van der Waals surface area contributed by atoms with E-state index in [0.29, 0.717) is 19.8 Å². The number of anilines is 1. The molecule has 2 aromatic heterocycles. The van der Waals surface area contributed by atoms with Crippen LogP contribution in [0.25, 0.3) is 0 Å². The van der Waals surface area contributed by atoms with Gasteiger partial charge in [0, 0.05) is 13.1 Å². The van der Waals surface area contributed by atoms with Gasteiger partial charge in [0.1, 0.15) is 5.76 Å². The average molecular weight is 428 g/mol. The molecule has 0 unspecified atom stereocenters. The number of nitrogens with one attached hydrogen (secondary N) is 1. The molecule has 1 fully saturated rings. The van der Waals surface area contributed by atoms with Gasteiger partial charge in [-0.25, -0.2) is 0 Å². The molecule has 1 aliphatic rings. The number of carbonyl (C=O) groups is 1. The minimum absolute atomic E-state index is 0.0777. The van der Waals surface area contributed by atoms with Crippen LogP contribution in [0.1, 0.15) is 24.3 Å². The Morgan fingerprint density at radius 2 is 1.97 bits per heavy atom. The van der Waals surface area contributed by atoms with Gasteiger partial charge in [-0.05, 0) is 24.6 Å². The number of carbonyl (C=O) groups excluding carboxylic acids is 1. The number of morpholine rings is 1. The summed E-state index contributed by atoms with van der Waals surface area (Å²) in [5.41, 5.74) is 1.16. The quantitative estimate of drug-likeness (QED) is 0.553. The Kier molecular flexibility index (Phi) is 6.70. The van der Waals surface area contributed by atoms with Crippen LogP contribution in [0.3, 0.4) is 0 Å². The summed E-state index contributed by atoms with van der Waals surface area (Å²) in [5.74, 6) is 1.72. The number of aromatic nitrogens is 3. The van der Waals surface area contributed by atoms with Gasteiger partial charge in [0.2, 0.25) is 11.9 Å². The lowest BCUT2D eigenvalue weighted by atomic mass is 10.2. The Labute approximate surface area is 179 Å². The number of benzene rings is 1. The summed E-state index contributed by atoms with van der Waals surface area (Å²) in [4.78, 5) is 14.6. The Hall–Kier alpha value is -2.78. The fraction of sp³-hybridized carbons (Fsp3) is 0.381. The number of amides is 1. The second-order valence-corrected chi connectivity index (χ2v) is 7.99. The predicted octanol–water partition coefficient (Wildman–Crippen LogP) is 2.73. The van der Waals surface area contributed by atoms with E-state index >= 15 is 0 Å². The molecule has 0 radical (unpaired) electrons. The molecule has 0 saturated carbocycles. The molecule has 3 aromatic rings. The molecule has 1 N–H and O–H groups in total. The van der Waals surface area contributed by atoms with Crippen molar-refractivity contribution in [1.29, 1.82) is 0 Å². The molecule has 1 aliphatic heterocycles. The Morgan fingerprint density at radius 1 is 1.17 bits per heavy atom. The summed E-state index contributed by atoms with van der Waals surface area (Å²) in [6, 6.07) is 13.7. The highest BCUT2D eigenvalue weighted by atomic mass is 32.2. The van der Waals surface area contributed by atoms with Gasteiger partial charge in [0.25, 0.3) is 0 Å². The van der Waals surface area contributed by atoms with E-state index in [1.54, 1.807) is 6.26 Å². The molecule has 0 bridgehead atoms. The van der Waals surface area contributed by atoms with Crippen LogP contribution >= 0.6 is 11.8 Å². The molecule has 4 rings (SSSR count). The SMILES string of the molecule is C[C@H](NC(=O)CSc1nnc(N2CCOCC2)n1Cc1ccccc1)c1ccco1. The Bertz CT molecular complexity index is 939. The highest BCUT2D eigenvalue weighted by Gasteiger charge is 2.22. The number of rotatable bonds is 8. The fourth-order valence-electron chi connectivity index (χ4n) is 3.31. The van der Waals surface area contributed by atoms with E-state index in [-0.39, 0.29) is 17.7 Å². The van der Waals surface area contributed by atoms with Gasteiger partial charge in [0.05, 0.1) is 37.8 Å². The topological polar surface area (TPSA) is 85.4 Å². The van der Waals surface area contributed by atoms with Gasteiger partial charge in [-0.15, -0.1) is 10.2 Å². The molecule has 8 nitrogen and oxygen atoms in total. The number of thioether (sulfide) groups is 1. The van der Waals surface area contributed by atoms with Crippen molar-refractivity contribution in [3.05, 3.63) is 60.1 Å². The lowest BCUT2D eigenvalue weighted by Gasteiger charge is -2.28. The maximum Gasteiger partial charge on any atom is 0.231 e. The summed E-state index contributed by atoms with van der Waals surface area (Å²) in [5, 5.41) is 12.5. The van der Waals surface area contributed by atoms with Crippen LogP contribution in [-0.4, -0.2) is 52.7 Å². The van der Waals surface area contributed by atoms with Gasteiger partial charge in [-0.2, -0.15) is 0 Å². The number of nitrogens with zero attached hydrogens (tertiary/aromatic N) is 4. The maximum atomic E-state index is 12.4. The molecule has 1 atom stereocenters. The van der Waals surface area contributed by atoms with Gasteiger partial charge in [-0.3, -0.25) is 9.36 Å². The first kappa shape index (κ1) is 20.5. The van der Waals surface area contributed by atoms with Crippen molar-refractivity contribution >= 4 is 23.6 Å². The monoisotopic (exact) mass is 427 g/mol. The minimum atomic E-state index is -0.181. The van der Waals surface area contributed by atoms with Crippen LogP contribution in [0, 0.1) is 0 Å². The van der Waals surface area contributed by atoms with Crippen molar-refractivity contribution < 1.29 is 13.9 Å². The van der Waals surface area contributed by atoms with E-state index in [9.17, 15) is 4.79 Å². The van der Waals surface area contributed by atoms with E-state index in [1.165, 1.54) is 11.8 Å². The number of ether oxygens (including phenoxy) is 1. The smallest absolute Gasteiger partial charge is 0.231 e. The molecule has 1 aromatic carbocycles. The van der Waals surface area contributed by atoms with Crippen molar-refractivity contribution in [1.82, 2.24) is 20.1 Å². The molecule has 9 heteroatoms. The fourth-order valence-corrected chi connectivity index (χ4v) is 4.06. The molecule has 0 spiro atoms. The van der Waals surface area contributed by atoms with E-state index in [1.807, 2.05) is 37.3 Å². The van der Waals surface area contributed by atoms with Crippen molar-refractivity contribution in [2.45, 2.75) is 24.7 Å². The van der Waals surface area contributed by atoms with Crippen molar-refractivity contribution in [3.8, 4) is 0 Å². The third-order valence-electron chi connectivity index (χ3n) is 4.85. The van der Waals surface area contributed by atoms with Gasteiger partial charge < -0.3 is 19.4 Å². The second-order valence-electron chi connectivity index (χ2n) is 7.05. The number of hydrogen-bond acceptors (Lipinski definition) is 7. The van der Waals surface area contributed by atoms with Crippen molar-refractivity contribution in [3.63, 3.8) is 0 Å². The van der Waals surface area contributed by atoms with E-state index in [2.05, 4.69) is 37.1 Å². The van der Waals surface area contributed by atoms with Crippen LogP contribution in [0.4, 0.5) is 5.95 Å². The lowest BCUT2D eigenvalue weighted by molar-refractivity contribution is -0.119. The zero-order valence-electron chi connectivity index (χ0n) is 16.9. The molecular formula is C21H25N5O3S. The molecule has 1 saturated heterocycles. The van der Waals surface area contributed by atoms with Crippen LogP contribution in [0.2, 0.25) is 0 Å². The van der Waals surface area contributed by atoms with Gasteiger partial charge in [-0.1, -0.05) is 42.1 Å². The number of hydrogen-bond donors (Lipinski definition) is 1. The number of furan rings is 1. The first-order valence-electron chi connectivity index (χ1n) is 9.96. The van der Waals surface area contributed by atoms with Crippen molar-refractivity contribution in [2.75, 3.05) is 37.0 Å². The van der Waals surface area contributed by atoms with Crippen LogP contribution < -0.4 is 10.2 Å². The summed E-state index contributed by atoms with van der Waals surface area (Å²) in [7, 11) is 0. The lowest BCUT2D eigenvalue weighted by Crippen LogP contribution is -2.38. The molecule has 3 heterocycles. The Morgan fingerprint density at radius 3 is 2.70 bits per heavy atom. The summed E-state index contributed by atoms with van der Waals surface area (Å²) in [6.45, 7) is 5.45. The van der Waals surface area contributed by atoms with Gasteiger partial charge >= 0.3 is 0 Å². The summed E-state index contributed by atoms with van der Waals surface area (Å²) < 4.78 is 12.9. The first-order chi connectivity index (χ1) is 14.7. The maximum absolute atomic E-state index is 12.4. The first-order valence-corrected chi connectivity index (χ1v) is 10.9. The zero-order chi connectivity index (χ0) is 20.8. The van der Waals surface area contributed by atoms with Gasteiger partial charge in [0.15, 0.2) is 5.16 Å². The molecule has 1 amide bonds. The molecule has 158 valence electrons. The van der Waals surface area contributed by atoms with Crippen LogP contribution in [0.15, 0.2) is 58.3 Å². The highest BCUT2D eigenvalue weighted by Crippen LogP contribution is 2.24. The normalized spacial score (nSPS) is 15.2. The highest BCUT2D eigenvalue weighted by molar-refractivity contribution is 7.99. The molecule has 0 aliphatic carbocycles. The molecular weight excluding hydrogens is 402 g/mol. The second kappa shape index (κ2) is 9.82. The minimum Gasteiger partial charge on any atom is -0.467 e. The standard InChI is InChI=1S/C21H25N5O3S/c1-16(18-8-5-11-29-18)22-19(27)15-30-21-24-23-20(25-9-12-28-13-10-25)26(21)14-17-6-3-2-4-7-17/h2-8,11,16H,9-10,12-15H2,1H3,(H,22,27)/t16-/m0/s1. The van der Waals surface area contributed by atoms with E-state index in [4.69, 9.17) is 9.15 Å². The zero-order valence-corrected chi connectivity index (χ0v) is 17.7. The third kappa shape index (κ3) is 5.03. The Balaban J connectivity index is 1.46. The summed E-state index contributed by atoms with van der Waals surface area (Å²) >= 11 is 1.39. The van der Waals surface area contributed by atoms with Crippen LogP contribution in [0.5, 0.6) is 0 Å². The third-order valence-corrected chi connectivity index (χ3v) is 5.82. The van der Waals surface area contributed by atoms with Crippen LogP contribution in [-0.2, 0) is 16.1 Å². The molecule has 30 heavy (non-hydrogen) atoms. The average Bonchev–Trinajstić information content (AvgIpc) is 3.44. The predicted molar refractivity (Wildman–Crippen MR) is 115 cm³/mol. The van der Waals surface area contributed by atoms with E-state index in [0.717, 1.165) is 35.5 Å². The summed E-state index contributed by atoms with van der Waals surface area (Å²) in [6.07, 6.45) is 1.60. The van der Waals surface area contributed by atoms with E-state index < -0.39 is 0 Å². The van der Waals surface area contributed by atoms with Crippen molar-refractivity contribution in [2.24, 2.45) is 0 Å². The largest absolute Gasteiger partial charge is 0.467 e.